The summed E-state index contributed by atoms with van der Waals surface area (Å²) in [4.78, 5) is 5.34. The zero-order chi connectivity index (χ0) is 15.6. The molecule has 116 valence electrons. The van der Waals surface area contributed by atoms with Crippen LogP contribution in [0, 0.1) is 10.6 Å². The molecule has 0 aliphatic carbocycles. The van der Waals surface area contributed by atoms with Crippen LogP contribution in [0.15, 0.2) is 12.1 Å². The molecule has 6 heteroatoms. The van der Waals surface area contributed by atoms with E-state index in [2.05, 4.69) is 30.8 Å². The highest BCUT2D eigenvalue weighted by atomic mass is 32.1. The molecule has 1 aromatic heterocycles. The van der Waals surface area contributed by atoms with Crippen LogP contribution < -0.4 is 4.74 Å². The number of benzene rings is 1. The van der Waals surface area contributed by atoms with Gasteiger partial charge in [-0.25, -0.2) is 4.39 Å². The number of nitrogens with one attached hydrogen (secondary N) is 1. The molecule has 0 spiro atoms. The van der Waals surface area contributed by atoms with E-state index in [1.165, 1.54) is 13.2 Å². The van der Waals surface area contributed by atoms with Gasteiger partial charge in [-0.3, -0.25) is 0 Å². The predicted molar refractivity (Wildman–Crippen MR) is 86.0 cm³/mol. The minimum atomic E-state index is -0.382. The van der Waals surface area contributed by atoms with Crippen LogP contribution in [0.4, 0.5) is 4.39 Å². The summed E-state index contributed by atoms with van der Waals surface area (Å²) in [7, 11) is 3.57. The average molecular weight is 311 g/mol. The summed E-state index contributed by atoms with van der Waals surface area (Å²) in [6, 6.07) is 3.65. The summed E-state index contributed by atoms with van der Waals surface area (Å²) in [5, 5.41) is 0. The van der Waals surface area contributed by atoms with E-state index >= 15 is 0 Å². The first-order valence-electron chi connectivity index (χ1n) is 7.10. The maximum absolute atomic E-state index is 13.7. The Labute approximate surface area is 129 Å². The Morgan fingerprint density at radius 2 is 2.14 bits per heavy atom. The van der Waals surface area contributed by atoms with Gasteiger partial charge in [0.25, 0.3) is 0 Å². The SMILES string of the molecule is COc1cc2c(cc1F)[nH]c(=S)n2CCCN(C)C(C)C. The minimum absolute atomic E-state index is 0.240. The van der Waals surface area contributed by atoms with Crippen molar-refractivity contribution in [2.75, 3.05) is 20.7 Å². The van der Waals surface area contributed by atoms with Crippen molar-refractivity contribution in [3.05, 3.63) is 22.7 Å². The molecule has 0 aliphatic rings. The van der Waals surface area contributed by atoms with Crippen molar-refractivity contribution in [3.63, 3.8) is 0 Å². The van der Waals surface area contributed by atoms with Crippen molar-refractivity contribution < 1.29 is 9.13 Å². The maximum Gasteiger partial charge on any atom is 0.178 e. The van der Waals surface area contributed by atoms with Crippen LogP contribution in [0.2, 0.25) is 0 Å². The van der Waals surface area contributed by atoms with Gasteiger partial charge in [-0.1, -0.05) is 0 Å². The summed E-state index contributed by atoms with van der Waals surface area (Å²) < 4.78 is 21.4. The van der Waals surface area contributed by atoms with Crippen molar-refractivity contribution in [2.24, 2.45) is 0 Å². The van der Waals surface area contributed by atoms with E-state index in [1.54, 1.807) is 6.07 Å². The molecule has 0 unspecified atom stereocenters. The van der Waals surface area contributed by atoms with Crippen molar-refractivity contribution in [1.82, 2.24) is 14.5 Å². The number of rotatable bonds is 6. The number of aromatic nitrogens is 2. The van der Waals surface area contributed by atoms with Gasteiger partial charge in [0.05, 0.1) is 18.1 Å². The Morgan fingerprint density at radius 1 is 1.43 bits per heavy atom. The van der Waals surface area contributed by atoms with Crippen LogP contribution in [0.1, 0.15) is 20.3 Å². The fourth-order valence-electron chi connectivity index (χ4n) is 2.27. The summed E-state index contributed by atoms with van der Waals surface area (Å²) in [6.45, 7) is 6.13. The molecule has 0 saturated heterocycles. The number of methoxy groups -OCH3 is 1. The van der Waals surface area contributed by atoms with Gasteiger partial charge in [-0.15, -0.1) is 0 Å². The monoisotopic (exact) mass is 311 g/mol. The molecule has 0 bridgehead atoms. The highest BCUT2D eigenvalue weighted by Gasteiger charge is 2.11. The van der Waals surface area contributed by atoms with Gasteiger partial charge in [0.15, 0.2) is 16.3 Å². The average Bonchev–Trinajstić information content (AvgIpc) is 2.72. The van der Waals surface area contributed by atoms with Crippen LogP contribution >= 0.6 is 12.2 Å². The van der Waals surface area contributed by atoms with Gasteiger partial charge in [-0.05, 0) is 46.1 Å². The van der Waals surface area contributed by atoms with Crippen LogP contribution in [0.5, 0.6) is 5.75 Å². The summed E-state index contributed by atoms with van der Waals surface area (Å²) in [5.41, 5.74) is 1.58. The molecule has 0 saturated carbocycles. The lowest BCUT2D eigenvalue weighted by Crippen LogP contribution is -2.27. The fraction of sp³-hybridized carbons (Fsp3) is 0.533. The molecule has 0 fully saturated rings. The molecule has 2 rings (SSSR count). The van der Waals surface area contributed by atoms with E-state index in [-0.39, 0.29) is 11.6 Å². The summed E-state index contributed by atoms with van der Waals surface area (Å²) in [5.74, 6) is -0.141. The van der Waals surface area contributed by atoms with Gasteiger partial charge in [-0.2, -0.15) is 0 Å². The number of halogens is 1. The number of aromatic amines is 1. The van der Waals surface area contributed by atoms with E-state index in [4.69, 9.17) is 17.0 Å². The van der Waals surface area contributed by atoms with Crippen molar-refractivity contribution in [1.29, 1.82) is 0 Å². The minimum Gasteiger partial charge on any atom is -0.494 e. The number of ether oxygens (including phenoxy) is 1. The fourth-order valence-corrected chi connectivity index (χ4v) is 2.57. The lowest BCUT2D eigenvalue weighted by Gasteiger charge is -2.20. The van der Waals surface area contributed by atoms with E-state index in [1.807, 2.05) is 4.57 Å². The third-order valence-electron chi connectivity index (χ3n) is 3.82. The van der Waals surface area contributed by atoms with E-state index in [9.17, 15) is 4.39 Å². The highest BCUT2D eigenvalue weighted by molar-refractivity contribution is 7.71. The quantitative estimate of drug-likeness (QED) is 0.828. The zero-order valence-electron chi connectivity index (χ0n) is 12.9. The van der Waals surface area contributed by atoms with Gasteiger partial charge >= 0.3 is 0 Å². The third kappa shape index (κ3) is 3.44. The molecular weight excluding hydrogens is 289 g/mol. The Morgan fingerprint density at radius 3 is 2.76 bits per heavy atom. The predicted octanol–water partition coefficient (Wildman–Crippen LogP) is 3.58. The molecule has 1 aromatic carbocycles. The van der Waals surface area contributed by atoms with Crippen molar-refractivity contribution >= 4 is 23.3 Å². The number of H-pyrrole nitrogens is 1. The highest BCUT2D eigenvalue weighted by Crippen LogP contribution is 2.24. The second-order valence-electron chi connectivity index (χ2n) is 5.51. The second kappa shape index (κ2) is 6.58. The molecule has 1 N–H and O–H groups in total. The van der Waals surface area contributed by atoms with E-state index in [0.29, 0.717) is 16.3 Å². The molecule has 0 aliphatic heterocycles. The normalized spacial score (nSPS) is 11.8. The second-order valence-corrected chi connectivity index (χ2v) is 5.90. The molecular formula is C15H22FN3OS. The number of hydrogen-bond acceptors (Lipinski definition) is 3. The van der Waals surface area contributed by atoms with Crippen molar-refractivity contribution in [3.8, 4) is 5.75 Å². The number of hydrogen-bond donors (Lipinski definition) is 1. The van der Waals surface area contributed by atoms with Crippen LogP contribution in [0.3, 0.4) is 0 Å². The van der Waals surface area contributed by atoms with Gasteiger partial charge in [0.2, 0.25) is 0 Å². The summed E-state index contributed by atoms with van der Waals surface area (Å²) in [6.07, 6.45) is 0.982. The zero-order valence-corrected chi connectivity index (χ0v) is 13.8. The first-order chi connectivity index (χ1) is 9.93. The Balaban J connectivity index is 2.23. The number of imidazole rings is 1. The first kappa shape index (κ1) is 16.0. The molecule has 2 aromatic rings. The molecule has 1 heterocycles. The molecule has 0 amide bonds. The van der Waals surface area contributed by atoms with Gasteiger partial charge < -0.3 is 19.2 Å². The van der Waals surface area contributed by atoms with Gasteiger partial charge in [0.1, 0.15) is 0 Å². The maximum atomic E-state index is 13.7. The van der Waals surface area contributed by atoms with E-state index < -0.39 is 0 Å². The number of nitrogens with zero attached hydrogens (tertiary/aromatic N) is 2. The molecule has 21 heavy (non-hydrogen) atoms. The number of aryl methyl sites for hydroxylation is 1. The van der Waals surface area contributed by atoms with Crippen molar-refractivity contribution in [2.45, 2.75) is 32.9 Å². The van der Waals surface area contributed by atoms with E-state index in [0.717, 1.165) is 25.0 Å². The molecule has 0 radical (unpaired) electrons. The third-order valence-corrected chi connectivity index (χ3v) is 4.14. The summed E-state index contributed by atoms with van der Waals surface area (Å²) >= 11 is 5.34. The Bertz CT molecular complexity index is 677. The standard InChI is InChI=1S/C15H22FN3OS/c1-10(2)18(3)6-5-7-19-13-9-14(20-4)11(16)8-12(13)17-15(19)21/h8-10H,5-7H2,1-4H3,(H,17,21). The van der Waals surface area contributed by atoms with Gasteiger partial charge in [0, 0.05) is 24.7 Å². The lowest BCUT2D eigenvalue weighted by molar-refractivity contribution is 0.266. The topological polar surface area (TPSA) is 33.2 Å². The smallest absolute Gasteiger partial charge is 0.178 e. The van der Waals surface area contributed by atoms with Crippen LogP contribution in [-0.2, 0) is 6.54 Å². The molecule has 0 atom stereocenters. The Hall–Kier alpha value is -1.40. The molecule has 4 nitrogen and oxygen atoms in total. The Kier molecular flexibility index (Phi) is 5.00. The first-order valence-corrected chi connectivity index (χ1v) is 7.51. The van der Waals surface area contributed by atoms with Crippen LogP contribution in [-0.4, -0.2) is 41.2 Å². The number of fused-ring (bicyclic) bond motifs is 1. The lowest BCUT2D eigenvalue weighted by atomic mass is 10.2. The largest absolute Gasteiger partial charge is 0.494 e. The van der Waals surface area contributed by atoms with Crippen LogP contribution in [0.25, 0.3) is 11.0 Å².